The van der Waals surface area contributed by atoms with Crippen LogP contribution in [0.25, 0.3) is 16.9 Å². The van der Waals surface area contributed by atoms with E-state index in [1.54, 1.807) is 6.20 Å². The van der Waals surface area contributed by atoms with Crippen molar-refractivity contribution in [3.63, 3.8) is 0 Å². The molecule has 0 unspecified atom stereocenters. The Bertz CT molecular complexity index is 838. The average molecular weight is 464 g/mol. The summed E-state index contributed by atoms with van der Waals surface area (Å²) >= 11 is 15.8. The molecule has 0 saturated carbocycles. The van der Waals surface area contributed by atoms with Crippen molar-refractivity contribution in [3.8, 4) is 5.69 Å². The standard InChI is InChI=1S/C12H6Br3N3S/c13-6-1-2-10(8(15)3-6)18-11-9(17-12(18)19)4-7(14)5-16-11/h1-5H,(H,17,19). The van der Waals surface area contributed by atoms with E-state index in [9.17, 15) is 0 Å². The van der Waals surface area contributed by atoms with Gasteiger partial charge in [0.2, 0.25) is 0 Å². The van der Waals surface area contributed by atoms with E-state index in [2.05, 4.69) is 57.8 Å². The van der Waals surface area contributed by atoms with Crippen molar-refractivity contribution in [1.29, 1.82) is 0 Å². The summed E-state index contributed by atoms with van der Waals surface area (Å²) in [6.45, 7) is 0. The molecule has 2 heterocycles. The predicted octanol–water partition coefficient (Wildman–Crippen LogP) is 5.37. The Morgan fingerprint density at radius 3 is 2.63 bits per heavy atom. The second-order valence-electron chi connectivity index (χ2n) is 3.89. The second kappa shape index (κ2) is 5.12. The average Bonchev–Trinajstić information content (AvgIpc) is 2.65. The van der Waals surface area contributed by atoms with E-state index in [0.29, 0.717) is 4.77 Å². The highest BCUT2D eigenvalue weighted by atomic mass is 79.9. The number of hydrogen-bond acceptors (Lipinski definition) is 2. The van der Waals surface area contributed by atoms with Crippen LogP contribution in [0.2, 0.25) is 0 Å². The van der Waals surface area contributed by atoms with Gasteiger partial charge in [-0.2, -0.15) is 0 Å². The molecule has 0 aliphatic carbocycles. The number of pyridine rings is 1. The van der Waals surface area contributed by atoms with Gasteiger partial charge in [0.05, 0.1) is 11.2 Å². The largest absolute Gasteiger partial charge is 0.329 e. The molecule has 96 valence electrons. The Hall–Kier alpha value is -0.500. The normalized spacial score (nSPS) is 11.1. The number of H-pyrrole nitrogens is 1. The molecule has 2 aromatic heterocycles. The van der Waals surface area contributed by atoms with E-state index < -0.39 is 0 Å². The van der Waals surface area contributed by atoms with Crippen LogP contribution in [0.15, 0.2) is 43.9 Å². The van der Waals surface area contributed by atoms with Gasteiger partial charge in [-0.3, -0.25) is 4.57 Å². The fraction of sp³-hybridized carbons (Fsp3) is 0. The minimum atomic E-state index is 0.614. The van der Waals surface area contributed by atoms with Gasteiger partial charge in [-0.15, -0.1) is 0 Å². The molecule has 3 nitrogen and oxygen atoms in total. The first-order valence-corrected chi connectivity index (χ1v) is 8.06. The number of imidazole rings is 1. The summed E-state index contributed by atoms with van der Waals surface area (Å²) in [5.74, 6) is 0. The molecular weight excluding hydrogens is 458 g/mol. The Morgan fingerprint density at radius 2 is 1.89 bits per heavy atom. The topological polar surface area (TPSA) is 33.6 Å². The molecule has 0 fully saturated rings. The molecule has 0 radical (unpaired) electrons. The minimum Gasteiger partial charge on any atom is -0.329 e. The Kier molecular flexibility index (Phi) is 3.63. The molecule has 0 aliphatic heterocycles. The summed E-state index contributed by atoms with van der Waals surface area (Å²) in [6.07, 6.45) is 1.76. The van der Waals surface area contributed by atoms with Gasteiger partial charge in [0.25, 0.3) is 0 Å². The van der Waals surface area contributed by atoms with Crippen molar-refractivity contribution in [2.45, 2.75) is 0 Å². The van der Waals surface area contributed by atoms with Gasteiger partial charge in [-0.05, 0) is 68.3 Å². The van der Waals surface area contributed by atoms with E-state index >= 15 is 0 Å². The van der Waals surface area contributed by atoms with Gasteiger partial charge in [0.15, 0.2) is 10.4 Å². The zero-order chi connectivity index (χ0) is 13.6. The van der Waals surface area contributed by atoms with Crippen LogP contribution in [-0.2, 0) is 0 Å². The van der Waals surface area contributed by atoms with Gasteiger partial charge in [0, 0.05) is 19.6 Å². The van der Waals surface area contributed by atoms with Crippen LogP contribution in [0.3, 0.4) is 0 Å². The fourth-order valence-corrected chi connectivity index (χ4v) is 3.71. The summed E-state index contributed by atoms with van der Waals surface area (Å²) < 4.78 is 5.39. The number of nitrogens with zero attached hydrogens (tertiary/aromatic N) is 2. The Morgan fingerprint density at radius 1 is 1.11 bits per heavy atom. The van der Waals surface area contributed by atoms with E-state index in [1.807, 2.05) is 28.8 Å². The third-order valence-electron chi connectivity index (χ3n) is 2.64. The second-order valence-corrected chi connectivity index (χ2v) is 6.96. The molecule has 7 heteroatoms. The van der Waals surface area contributed by atoms with Gasteiger partial charge >= 0.3 is 0 Å². The van der Waals surface area contributed by atoms with Gasteiger partial charge in [-0.1, -0.05) is 15.9 Å². The number of rotatable bonds is 1. The molecule has 3 rings (SSSR count). The van der Waals surface area contributed by atoms with Crippen LogP contribution >= 0.6 is 60.0 Å². The number of hydrogen-bond donors (Lipinski definition) is 1. The number of aromatic amines is 1. The summed E-state index contributed by atoms with van der Waals surface area (Å²) in [4.78, 5) is 7.59. The third-order valence-corrected chi connectivity index (χ3v) is 4.49. The quantitative estimate of drug-likeness (QED) is 0.492. The van der Waals surface area contributed by atoms with Crippen LogP contribution in [0.4, 0.5) is 0 Å². The number of benzene rings is 1. The van der Waals surface area contributed by atoms with Crippen molar-refractivity contribution in [1.82, 2.24) is 14.5 Å². The number of aromatic nitrogens is 3. The van der Waals surface area contributed by atoms with Crippen LogP contribution in [-0.4, -0.2) is 14.5 Å². The highest BCUT2D eigenvalue weighted by Crippen LogP contribution is 2.28. The zero-order valence-corrected chi connectivity index (χ0v) is 14.9. The van der Waals surface area contributed by atoms with Crippen molar-refractivity contribution in [3.05, 3.63) is 48.7 Å². The molecular formula is C12H6Br3N3S. The maximum Gasteiger partial charge on any atom is 0.184 e. The van der Waals surface area contributed by atoms with Gasteiger partial charge in [0.1, 0.15) is 0 Å². The lowest BCUT2D eigenvalue weighted by molar-refractivity contribution is 1.04. The molecule has 0 amide bonds. The van der Waals surface area contributed by atoms with Crippen molar-refractivity contribution in [2.24, 2.45) is 0 Å². The number of fused-ring (bicyclic) bond motifs is 1. The molecule has 0 bridgehead atoms. The SMILES string of the molecule is S=c1[nH]c2cc(Br)cnc2n1-c1ccc(Br)cc1Br. The van der Waals surface area contributed by atoms with E-state index in [4.69, 9.17) is 12.2 Å². The smallest absolute Gasteiger partial charge is 0.184 e. The summed E-state index contributed by atoms with van der Waals surface area (Å²) in [5, 5.41) is 0. The van der Waals surface area contributed by atoms with Crippen molar-refractivity contribution in [2.75, 3.05) is 0 Å². The highest BCUT2D eigenvalue weighted by molar-refractivity contribution is 9.11. The van der Waals surface area contributed by atoms with Crippen LogP contribution < -0.4 is 0 Å². The predicted molar refractivity (Wildman–Crippen MR) is 89.4 cm³/mol. The maximum absolute atomic E-state index is 5.39. The van der Waals surface area contributed by atoms with Gasteiger partial charge < -0.3 is 4.98 Å². The van der Waals surface area contributed by atoms with E-state index in [-0.39, 0.29) is 0 Å². The summed E-state index contributed by atoms with van der Waals surface area (Å²) in [7, 11) is 0. The molecule has 0 saturated heterocycles. The first-order chi connectivity index (χ1) is 9.06. The van der Waals surface area contributed by atoms with Crippen molar-refractivity contribution < 1.29 is 0 Å². The first kappa shape index (κ1) is 13.5. The van der Waals surface area contributed by atoms with Crippen LogP contribution in [0, 0.1) is 4.77 Å². The first-order valence-electron chi connectivity index (χ1n) is 5.28. The Labute approximate surface area is 139 Å². The molecule has 3 aromatic rings. The summed E-state index contributed by atoms with van der Waals surface area (Å²) in [5.41, 5.74) is 2.65. The summed E-state index contributed by atoms with van der Waals surface area (Å²) in [6, 6.07) is 7.90. The van der Waals surface area contributed by atoms with E-state index in [1.165, 1.54) is 0 Å². The van der Waals surface area contributed by atoms with Crippen molar-refractivity contribution >= 4 is 71.2 Å². The van der Waals surface area contributed by atoms with Crippen LogP contribution in [0.5, 0.6) is 0 Å². The lowest BCUT2D eigenvalue weighted by atomic mass is 10.3. The molecule has 19 heavy (non-hydrogen) atoms. The molecule has 1 N–H and O–H groups in total. The third kappa shape index (κ3) is 2.44. The van der Waals surface area contributed by atoms with Crippen LogP contribution in [0.1, 0.15) is 0 Å². The number of halogens is 3. The lowest BCUT2D eigenvalue weighted by Gasteiger charge is -2.07. The maximum atomic E-state index is 5.39. The zero-order valence-electron chi connectivity index (χ0n) is 9.32. The highest BCUT2D eigenvalue weighted by Gasteiger charge is 2.11. The lowest BCUT2D eigenvalue weighted by Crippen LogP contribution is -1.96. The Balaban J connectivity index is 2.36. The minimum absolute atomic E-state index is 0.614. The van der Waals surface area contributed by atoms with E-state index in [0.717, 1.165) is 30.3 Å². The molecule has 1 aromatic carbocycles. The van der Waals surface area contributed by atoms with Gasteiger partial charge in [-0.25, -0.2) is 4.98 Å². The molecule has 0 aliphatic rings. The molecule has 0 spiro atoms. The number of nitrogens with one attached hydrogen (secondary N) is 1. The molecule has 0 atom stereocenters. The monoisotopic (exact) mass is 461 g/mol. The fourth-order valence-electron chi connectivity index (χ4n) is 1.86.